The second-order valence-corrected chi connectivity index (χ2v) is 6.62. The van der Waals surface area contributed by atoms with Crippen molar-refractivity contribution in [3.8, 4) is 0 Å². The minimum absolute atomic E-state index is 0.0177. The molecule has 9 nitrogen and oxygen atoms in total. The van der Waals surface area contributed by atoms with Crippen molar-refractivity contribution in [1.29, 1.82) is 0 Å². The lowest BCUT2D eigenvalue weighted by atomic mass is 10.1. The van der Waals surface area contributed by atoms with E-state index in [4.69, 9.17) is 10.5 Å². The van der Waals surface area contributed by atoms with E-state index < -0.39 is 17.9 Å². The number of hydrogen-bond donors (Lipinski definition) is 5. The van der Waals surface area contributed by atoms with Crippen molar-refractivity contribution in [3.63, 3.8) is 0 Å². The molecule has 6 N–H and O–H groups in total. The fraction of sp³-hybridized carbons (Fsp3) is 0.600. The standard InChI is InChI=1S/C20H34FN5O4/c1-29-19(27)15-13-18(16(21)14-17(15)26-20(28)30-2)25-12-6-11-24-9-4-3-8-23-10-5-7-22/h13-14,23-25H,3-12,22H2,1-2H3,(H,26,28). The number of hydrogen-bond acceptors (Lipinski definition) is 8. The molecule has 0 saturated carbocycles. The number of methoxy groups -OCH3 is 2. The summed E-state index contributed by atoms with van der Waals surface area (Å²) in [7, 11) is 2.39. The maximum atomic E-state index is 14.3. The zero-order chi connectivity index (χ0) is 22.2. The van der Waals surface area contributed by atoms with Crippen molar-refractivity contribution in [2.24, 2.45) is 5.73 Å². The summed E-state index contributed by atoms with van der Waals surface area (Å²) in [5.74, 6) is -1.28. The highest BCUT2D eigenvalue weighted by Gasteiger charge is 2.18. The van der Waals surface area contributed by atoms with Gasteiger partial charge in [-0.3, -0.25) is 5.32 Å². The molecule has 1 rings (SSSR count). The number of ether oxygens (including phenoxy) is 2. The first kappa shape index (κ1) is 25.6. The molecule has 1 amide bonds. The van der Waals surface area contributed by atoms with Crippen molar-refractivity contribution >= 4 is 23.4 Å². The van der Waals surface area contributed by atoms with Crippen LogP contribution in [0.15, 0.2) is 12.1 Å². The molecule has 0 saturated heterocycles. The zero-order valence-corrected chi connectivity index (χ0v) is 17.8. The topological polar surface area (TPSA) is 127 Å². The Bertz CT molecular complexity index is 660. The zero-order valence-electron chi connectivity index (χ0n) is 17.8. The van der Waals surface area contributed by atoms with Gasteiger partial charge in [-0.05, 0) is 64.5 Å². The van der Waals surface area contributed by atoms with Crippen LogP contribution in [0.5, 0.6) is 0 Å². The van der Waals surface area contributed by atoms with Gasteiger partial charge in [0, 0.05) is 12.6 Å². The Balaban J connectivity index is 2.37. The molecule has 0 aliphatic rings. The normalized spacial score (nSPS) is 10.5. The van der Waals surface area contributed by atoms with Crippen molar-refractivity contribution in [2.75, 3.05) is 64.1 Å². The first-order valence-corrected chi connectivity index (χ1v) is 10.2. The SMILES string of the molecule is COC(=O)Nc1cc(F)c(NCCCNCCCCNCCCN)cc1C(=O)OC. The molecule has 0 heterocycles. The largest absolute Gasteiger partial charge is 0.465 e. The minimum Gasteiger partial charge on any atom is -0.465 e. The van der Waals surface area contributed by atoms with E-state index in [0.29, 0.717) is 13.1 Å². The highest BCUT2D eigenvalue weighted by molar-refractivity contribution is 6.00. The third kappa shape index (κ3) is 9.86. The lowest BCUT2D eigenvalue weighted by molar-refractivity contribution is 0.0602. The molecule has 1 aromatic carbocycles. The number of halogens is 1. The van der Waals surface area contributed by atoms with E-state index in [1.54, 1.807) is 0 Å². The first-order valence-electron chi connectivity index (χ1n) is 10.2. The number of esters is 1. The summed E-state index contributed by atoms with van der Waals surface area (Å²) in [4.78, 5) is 23.4. The molecule has 0 aliphatic carbocycles. The number of nitrogens with two attached hydrogens (primary N) is 1. The number of carbonyl (C=O) groups excluding carboxylic acids is 2. The van der Waals surface area contributed by atoms with Crippen LogP contribution < -0.4 is 27.0 Å². The molecule has 0 spiro atoms. The van der Waals surface area contributed by atoms with Crippen LogP contribution in [0.3, 0.4) is 0 Å². The molecule has 0 radical (unpaired) electrons. The lowest BCUT2D eigenvalue weighted by Crippen LogP contribution is -2.22. The van der Waals surface area contributed by atoms with Crippen LogP contribution >= 0.6 is 0 Å². The number of unbranched alkanes of at least 4 members (excludes halogenated alkanes) is 1. The summed E-state index contributed by atoms with van der Waals surface area (Å²) in [6.07, 6.45) is 3.15. The molecule has 0 unspecified atom stereocenters. The summed E-state index contributed by atoms with van der Waals surface area (Å²) < 4.78 is 23.5. The molecule has 0 atom stereocenters. The Morgan fingerprint density at radius 2 is 1.53 bits per heavy atom. The maximum Gasteiger partial charge on any atom is 0.411 e. The molecule has 0 fully saturated rings. The van der Waals surface area contributed by atoms with Gasteiger partial charge in [-0.25, -0.2) is 14.0 Å². The van der Waals surface area contributed by atoms with E-state index >= 15 is 0 Å². The Morgan fingerprint density at radius 3 is 2.13 bits per heavy atom. The van der Waals surface area contributed by atoms with Gasteiger partial charge in [-0.15, -0.1) is 0 Å². The Morgan fingerprint density at radius 1 is 0.900 bits per heavy atom. The summed E-state index contributed by atoms with van der Waals surface area (Å²) in [6, 6.07) is 2.38. The van der Waals surface area contributed by atoms with Gasteiger partial charge in [0.05, 0.1) is 31.2 Å². The summed E-state index contributed by atoms with van der Waals surface area (Å²) >= 11 is 0. The van der Waals surface area contributed by atoms with E-state index in [1.807, 2.05) is 0 Å². The number of amides is 1. The predicted octanol–water partition coefficient (Wildman–Crippen LogP) is 1.90. The smallest absolute Gasteiger partial charge is 0.411 e. The van der Waals surface area contributed by atoms with E-state index in [1.165, 1.54) is 20.3 Å². The average Bonchev–Trinajstić information content (AvgIpc) is 2.75. The van der Waals surface area contributed by atoms with Gasteiger partial charge in [0.2, 0.25) is 0 Å². The van der Waals surface area contributed by atoms with Crippen molar-refractivity contribution in [1.82, 2.24) is 10.6 Å². The van der Waals surface area contributed by atoms with Crippen LogP contribution in [0.1, 0.15) is 36.0 Å². The summed E-state index contributed by atoms with van der Waals surface area (Å²) in [6.45, 7) is 4.91. The molecule has 0 bridgehead atoms. The molecule has 0 aliphatic heterocycles. The molecule has 10 heteroatoms. The third-order valence-electron chi connectivity index (χ3n) is 4.30. The van der Waals surface area contributed by atoms with E-state index in [9.17, 15) is 14.0 Å². The number of anilines is 2. The first-order chi connectivity index (χ1) is 14.5. The van der Waals surface area contributed by atoms with Crippen LogP contribution in [0, 0.1) is 5.82 Å². The number of nitrogens with one attached hydrogen (secondary N) is 4. The van der Waals surface area contributed by atoms with Gasteiger partial charge >= 0.3 is 12.1 Å². The predicted molar refractivity (Wildman–Crippen MR) is 116 cm³/mol. The minimum atomic E-state index is -0.808. The fourth-order valence-corrected chi connectivity index (χ4v) is 2.67. The van der Waals surface area contributed by atoms with E-state index in [2.05, 4.69) is 26.0 Å². The van der Waals surface area contributed by atoms with Gasteiger partial charge in [0.25, 0.3) is 0 Å². The molecule has 170 valence electrons. The Kier molecular flexibility index (Phi) is 13.2. The van der Waals surface area contributed by atoms with Crippen LogP contribution in [0.2, 0.25) is 0 Å². The molecular weight excluding hydrogens is 393 g/mol. The second kappa shape index (κ2) is 15.4. The van der Waals surface area contributed by atoms with Gasteiger partial charge in [0.1, 0.15) is 5.82 Å². The Labute approximate surface area is 177 Å². The van der Waals surface area contributed by atoms with Crippen molar-refractivity contribution < 1.29 is 23.5 Å². The van der Waals surface area contributed by atoms with Crippen molar-refractivity contribution in [3.05, 3.63) is 23.5 Å². The molecular formula is C20H34FN5O4. The summed E-state index contributed by atoms with van der Waals surface area (Å²) in [5, 5.41) is 12.0. The van der Waals surface area contributed by atoms with Gasteiger partial charge < -0.3 is 31.2 Å². The molecule has 30 heavy (non-hydrogen) atoms. The summed E-state index contributed by atoms with van der Waals surface area (Å²) in [5.41, 5.74) is 5.61. The van der Waals surface area contributed by atoms with Crippen LogP contribution in [-0.2, 0) is 9.47 Å². The number of rotatable bonds is 15. The van der Waals surface area contributed by atoms with Gasteiger partial charge in [0.15, 0.2) is 0 Å². The van der Waals surface area contributed by atoms with Crippen molar-refractivity contribution in [2.45, 2.75) is 25.7 Å². The van der Waals surface area contributed by atoms with Gasteiger partial charge in [-0.2, -0.15) is 0 Å². The van der Waals surface area contributed by atoms with Crippen LogP contribution in [-0.4, -0.2) is 65.6 Å². The van der Waals surface area contributed by atoms with Gasteiger partial charge in [-0.1, -0.05) is 0 Å². The lowest BCUT2D eigenvalue weighted by Gasteiger charge is -2.14. The maximum absolute atomic E-state index is 14.3. The fourth-order valence-electron chi connectivity index (χ4n) is 2.67. The molecule has 0 aromatic heterocycles. The van der Waals surface area contributed by atoms with E-state index in [-0.39, 0.29) is 16.9 Å². The highest BCUT2D eigenvalue weighted by atomic mass is 19.1. The molecule has 1 aromatic rings. The average molecular weight is 428 g/mol. The van der Waals surface area contributed by atoms with Crippen LogP contribution in [0.25, 0.3) is 0 Å². The highest BCUT2D eigenvalue weighted by Crippen LogP contribution is 2.25. The number of benzene rings is 1. The monoisotopic (exact) mass is 427 g/mol. The second-order valence-electron chi connectivity index (χ2n) is 6.62. The van der Waals surface area contributed by atoms with Crippen LogP contribution in [0.4, 0.5) is 20.6 Å². The van der Waals surface area contributed by atoms with E-state index in [0.717, 1.165) is 57.9 Å². The number of carbonyl (C=O) groups is 2. The third-order valence-corrected chi connectivity index (χ3v) is 4.30. The Hall–Kier alpha value is -2.43. The quantitative estimate of drug-likeness (QED) is 0.212.